The van der Waals surface area contributed by atoms with Crippen LogP contribution in [-0.4, -0.2) is 25.4 Å². The SMILES string of the molecule is O=C(Cn1cnc2ccc(Cl)cc2c1=O)NCc1ncc([N+](=O)[O-])s1. The molecular formula is C14H10ClN5O4S. The summed E-state index contributed by atoms with van der Waals surface area (Å²) in [5.74, 6) is -0.442. The number of amides is 1. The Hall–Kier alpha value is -2.85. The highest BCUT2D eigenvalue weighted by Gasteiger charge is 2.13. The number of rotatable bonds is 5. The van der Waals surface area contributed by atoms with Gasteiger partial charge in [0.2, 0.25) is 5.91 Å². The van der Waals surface area contributed by atoms with Crippen molar-refractivity contribution < 1.29 is 9.72 Å². The Morgan fingerprint density at radius 1 is 1.40 bits per heavy atom. The van der Waals surface area contributed by atoms with Crippen LogP contribution >= 0.6 is 22.9 Å². The highest BCUT2D eigenvalue weighted by Crippen LogP contribution is 2.20. The van der Waals surface area contributed by atoms with E-state index in [2.05, 4.69) is 15.3 Å². The lowest BCUT2D eigenvalue weighted by Gasteiger charge is -2.07. The first-order valence-corrected chi connectivity index (χ1v) is 8.14. The summed E-state index contributed by atoms with van der Waals surface area (Å²) in [5.41, 5.74) is 0.105. The fourth-order valence-corrected chi connectivity index (χ4v) is 2.94. The lowest BCUT2D eigenvalue weighted by Crippen LogP contribution is -2.32. The number of halogens is 1. The Labute approximate surface area is 149 Å². The van der Waals surface area contributed by atoms with Crippen molar-refractivity contribution in [3.8, 4) is 0 Å². The third kappa shape index (κ3) is 3.80. The molecule has 0 saturated carbocycles. The van der Waals surface area contributed by atoms with Crippen LogP contribution in [0.15, 0.2) is 35.5 Å². The van der Waals surface area contributed by atoms with Crippen LogP contribution < -0.4 is 10.9 Å². The van der Waals surface area contributed by atoms with Gasteiger partial charge in [0, 0.05) is 5.02 Å². The summed E-state index contributed by atoms with van der Waals surface area (Å²) in [5, 5.41) is 14.2. The number of benzene rings is 1. The van der Waals surface area contributed by atoms with E-state index in [-0.39, 0.29) is 23.6 Å². The van der Waals surface area contributed by atoms with Crippen LogP contribution in [0.1, 0.15) is 5.01 Å². The van der Waals surface area contributed by atoms with Crippen LogP contribution in [0.3, 0.4) is 0 Å². The molecular weight excluding hydrogens is 370 g/mol. The van der Waals surface area contributed by atoms with Gasteiger partial charge < -0.3 is 5.32 Å². The Kier molecular flexibility index (Phi) is 4.72. The van der Waals surface area contributed by atoms with Crippen LogP contribution in [0.25, 0.3) is 10.9 Å². The minimum Gasteiger partial charge on any atom is -0.348 e. The molecule has 0 aliphatic rings. The molecule has 3 aromatic rings. The van der Waals surface area contributed by atoms with E-state index in [1.165, 1.54) is 12.4 Å². The zero-order chi connectivity index (χ0) is 18.0. The van der Waals surface area contributed by atoms with Gasteiger partial charge in [-0.25, -0.2) is 9.97 Å². The zero-order valence-electron chi connectivity index (χ0n) is 12.5. The van der Waals surface area contributed by atoms with Crippen LogP contribution in [0.2, 0.25) is 5.02 Å². The third-order valence-corrected chi connectivity index (χ3v) is 4.44. The molecule has 25 heavy (non-hydrogen) atoms. The van der Waals surface area contributed by atoms with Crippen molar-refractivity contribution in [3.63, 3.8) is 0 Å². The maximum absolute atomic E-state index is 12.4. The third-order valence-electron chi connectivity index (χ3n) is 3.26. The summed E-state index contributed by atoms with van der Waals surface area (Å²) in [6.45, 7) is -0.194. The summed E-state index contributed by atoms with van der Waals surface area (Å²) >= 11 is 6.76. The van der Waals surface area contributed by atoms with Gasteiger partial charge in [-0.2, -0.15) is 0 Å². The van der Waals surface area contributed by atoms with E-state index in [4.69, 9.17) is 11.6 Å². The molecule has 1 amide bonds. The maximum Gasteiger partial charge on any atom is 0.344 e. The molecule has 11 heteroatoms. The second kappa shape index (κ2) is 6.95. The van der Waals surface area contributed by atoms with Gasteiger partial charge in [-0.05, 0) is 29.5 Å². The number of carbonyl (C=O) groups excluding carboxylic acids is 1. The number of nitro groups is 1. The van der Waals surface area contributed by atoms with Gasteiger partial charge in [-0.3, -0.25) is 24.3 Å². The average Bonchev–Trinajstić information content (AvgIpc) is 3.05. The van der Waals surface area contributed by atoms with E-state index < -0.39 is 10.8 Å². The molecule has 9 nitrogen and oxygen atoms in total. The fourth-order valence-electron chi connectivity index (χ4n) is 2.10. The van der Waals surface area contributed by atoms with Crippen LogP contribution in [-0.2, 0) is 17.9 Å². The second-order valence-electron chi connectivity index (χ2n) is 4.97. The monoisotopic (exact) mass is 379 g/mol. The van der Waals surface area contributed by atoms with Crippen molar-refractivity contribution in [1.29, 1.82) is 0 Å². The zero-order valence-corrected chi connectivity index (χ0v) is 14.1. The number of fused-ring (bicyclic) bond motifs is 1. The summed E-state index contributed by atoms with van der Waals surface area (Å²) in [6.07, 6.45) is 2.42. The van der Waals surface area contributed by atoms with E-state index in [9.17, 15) is 19.7 Å². The average molecular weight is 380 g/mol. The quantitative estimate of drug-likeness (QED) is 0.532. The van der Waals surface area contributed by atoms with Gasteiger partial charge in [-0.1, -0.05) is 11.6 Å². The minimum absolute atomic E-state index is 0.0406. The summed E-state index contributed by atoms with van der Waals surface area (Å²) in [6, 6.07) is 4.74. The number of nitrogens with zero attached hydrogens (tertiary/aromatic N) is 4. The highest BCUT2D eigenvalue weighted by molar-refractivity contribution is 7.14. The largest absolute Gasteiger partial charge is 0.348 e. The topological polar surface area (TPSA) is 120 Å². The molecule has 2 aromatic heterocycles. The van der Waals surface area contributed by atoms with Crippen molar-refractivity contribution in [2.24, 2.45) is 0 Å². The fraction of sp³-hybridized carbons (Fsp3) is 0.143. The molecule has 3 rings (SSSR count). The summed E-state index contributed by atoms with van der Waals surface area (Å²) in [7, 11) is 0. The molecule has 0 saturated heterocycles. The molecule has 0 fully saturated rings. The highest BCUT2D eigenvalue weighted by atomic mass is 35.5. The Bertz CT molecular complexity index is 1030. The smallest absolute Gasteiger partial charge is 0.344 e. The van der Waals surface area contributed by atoms with Gasteiger partial charge in [-0.15, -0.1) is 0 Å². The molecule has 2 heterocycles. The molecule has 0 aliphatic heterocycles. The predicted molar refractivity (Wildman–Crippen MR) is 91.6 cm³/mol. The van der Waals surface area contributed by atoms with Crippen LogP contribution in [0.4, 0.5) is 5.00 Å². The Morgan fingerprint density at radius 2 is 2.20 bits per heavy atom. The van der Waals surface area contributed by atoms with E-state index >= 15 is 0 Å². The first-order chi connectivity index (χ1) is 11.9. The van der Waals surface area contributed by atoms with Crippen molar-refractivity contribution in [3.05, 3.63) is 61.2 Å². The number of hydrogen-bond donors (Lipinski definition) is 1. The summed E-state index contributed by atoms with van der Waals surface area (Å²) in [4.78, 5) is 42.4. The van der Waals surface area contributed by atoms with Crippen LogP contribution in [0.5, 0.6) is 0 Å². The lowest BCUT2D eigenvalue weighted by atomic mass is 10.2. The van der Waals surface area contributed by atoms with E-state index in [0.29, 0.717) is 20.9 Å². The predicted octanol–water partition coefficient (Wildman–Crippen LogP) is 1.73. The number of hydrogen-bond acceptors (Lipinski definition) is 7. The number of aromatic nitrogens is 3. The molecule has 1 N–H and O–H groups in total. The van der Waals surface area contributed by atoms with Crippen molar-refractivity contribution >= 4 is 44.7 Å². The normalized spacial score (nSPS) is 10.8. The van der Waals surface area contributed by atoms with E-state index in [1.54, 1.807) is 12.1 Å². The van der Waals surface area contributed by atoms with Crippen molar-refractivity contribution in [1.82, 2.24) is 19.9 Å². The van der Waals surface area contributed by atoms with Gasteiger partial charge in [0.25, 0.3) is 5.56 Å². The van der Waals surface area contributed by atoms with E-state index in [1.807, 2.05) is 0 Å². The molecule has 1 aromatic carbocycles. The molecule has 0 bridgehead atoms. The minimum atomic E-state index is -0.547. The van der Waals surface area contributed by atoms with Gasteiger partial charge in [0.15, 0.2) is 0 Å². The first-order valence-electron chi connectivity index (χ1n) is 6.94. The van der Waals surface area contributed by atoms with E-state index in [0.717, 1.165) is 22.1 Å². The summed E-state index contributed by atoms with van der Waals surface area (Å²) < 4.78 is 1.16. The Morgan fingerprint density at radius 3 is 2.92 bits per heavy atom. The van der Waals surface area contributed by atoms with Crippen molar-refractivity contribution in [2.45, 2.75) is 13.1 Å². The van der Waals surface area contributed by atoms with Gasteiger partial charge >= 0.3 is 5.00 Å². The molecule has 0 unspecified atom stereocenters. The number of carbonyl (C=O) groups is 1. The van der Waals surface area contributed by atoms with Crippen molar-refractivity contribution in [2.75, 3.05) is 0 Å². The lowest BCUT2D eigenvalue weighted by molar-refractivity contribution is -0.380. The number of nitrogens with one attached hydrogen (secondary N) is 1. The maximum atomic E-state index is 12.4. The molecule has 0 radical (unpaired) electrons. The van der Waals surface area contributed by atoms with Gasteiger partial charge in [0.1, 0.15) is 17.7 Å². The molecule has 0 spiro atoms. The number of thiazole rings is 1. The standard InChI is InChI=1S/C14H10ClN5O4S/c15-8-1-2-10-9(3-8)14(22)19(7-18-10)6-11(21)16-4-12-17-5-13(25-12)20(23)24/h1-3,5,7H,4,6H2,(H,16,21). The van der Waals surface area contributed by atoms with Crippen LogP contribution in [0, 0.1) is 10.1 Å². The molecule has 0 atom stereocenters. The first kappa shape index (κ1) is 17.0. The molecule has 128 valence electrons. The molecule has 0 aliphatic carbocycles. The second-order valence-corrected chi connectivity index (χ2v) is 6.50. The van der Waals surface area contributed by atoms with Gasteiger partial charge in [0.05, 0.1) is 28.7 Å². The Balaban J connectivity index is 1.70.